The van der Waals surface area contributed by atoms with Crippen LogP contribution in [0.2, 0.25) is 0 Å². The van der Waals surface area contributed by atoms with E-state index >= 15 is 0 Å². The topological polar surface area (TPSA) is 41.1 Å². The number of hydrogen-bond acceptors (Lipinski definition) is 2. The van der Waals surface area contributed by atoms with E-state index in [0.29, 0.717) is 12.5 Å². The molecule has 0 atom stereocenters. The quantitative estimate of drug-likeness (QED) is 0.414. The van der Waals surface area contributed by atoms with E-state index in [4.69, 9.17) is 0 Å². The standard InChI is InChI=1S/C31H34N2O/c1-21(2)26-10-6-7-11-29(26)33-31(34)28-18-19-32-30-20-25(16-17-27(28)30)24-14-12-23(13-15-24)22-8-4-3-5-9-22/h6-7,10-18,20-22,32H,3-5,8-9,19H2,1-2H3,(H,33,34). The van der Waals surface area contributed by atoms with Crippen molar-refractivity contribution < 1.29 is 4.79 Å². The van der Waals surface area contributed by atoms with Crippen LogP contribution in [0.25, 0.3) is 16.7 Å². The molecule has 0 bridgehead atoms. The average molecular weight is 451 g/mol. The highest BCUT2D eigenvalue weighted by molar-refractivity contribution is 6.27. The predicted octanol–water partition coefficient (Wildman–Crippen LogP) is 7.97. The summed E-state index contributed by atoms with van der Waals surface area (Å²) in [5, 5.41) is 6.61. The molecule has 174 valence electrons. The smallest absolute Gasteiger partial charge is 0.256 e. The molecule has 1 aliphatic heterocycles. The molecule has 3 heteroatoms. The van der Waals surface area contributed by atoms with Gasteiger partial charge < -0.3 is 10.6 Å². The van der Waals surface area contributed by atoms with Crippen molar-refractivity contribution in [2.45, 2.75) is 57.8 Å². The van der Waals surface area contributed by atoms with Crippen LogP contribution in [0.3, 0.4) is 0 Å². The lowest BCUT2D eigenvalue weighted by atomic mass is 9.83. The van der Waals surface area contributed by atoms with Gasteiger partial charge in [-0.05, 0) is 59.1 Å². The molecule has 2 N–H and O–H groups in total. The Balaban J connectivity index is 1.36. The van der Waals surface area contributed by atoms with Gasteiger partial charge in [0.1, 0.15) is 0 Å². The maximum absolute atomic E-state index is 13.2. The molecule has 1 fully saturated rings. The van der Waals surface area contributed by atoms with E-state index in [2.05, 4.69) is 73.0 Å². The SMILES string of the molecule is CC(C)c1ccccc1NC(=O)C1=CCNc2cc(-c3ccc(C4CCCCC4)cc3)ccc21. The van der Waals surface area contributed by atoms with Crippen LogP contribution >= 0.6 is 0 Å². The van der Waals surface area contributed by atoms with Gasteiger partial charge in [-0.2, -0.15) is 0 Å². The van der Waals surface area contributed by atoms with Gasteiger partial charge in [-0.3, -0.25) is 4.79 Å². The first-order valence-corrected chi connectivity index (χ1v) is 12.7. The Labute approximate surface area is 203 Å². The van der Waals surface area contributed by atoms with Gasteiger partial charge in [-0.1, -0.05) is 93.8 Å². The molecule has 0 unspecified atom stereocenters. The number of amides is 1. The highest BCUT2D eigenvalue weighted by Gasteiger charge is 2.21. The van der Waals surface area contributed by atoms with Crippen molar-refractivity contribution in [2.24, 2.45) is 0 Å². The average Bonchev–Trinajstić information content (AvgIpc) is 2.89. The molecular weight excluding hydrogens is 416 g/mol. The molecule has 1 aliphatic carbocycles. The summed E-state index contributed by atoms with van der Waals surface area (Å²) in [6, 6.07) is 23.6. The number of rotatable bonds is 5. The van der Waals surface area contributed by atoms with Gasteiger partial charge in [0.15, 0.2) is 0 Å². The van der Waals surface area contributed by atoms with Crippen LogP contribution in [0, 0.1) is 0 Å². The molecular formula is C31H34N2O. The minimum atomic E-state index is -0.0552. The van der Waals surface area contributed by atoms with Gasteiger partial charge in [0, 0.05) is 29.1 Å². The molecule has 34 heavy (non-hydrogen) atoms. The summed E-state index contributed by atoms with van der Waals surface area (Å²) < 4.78 is 0. The second kappa shape index (κ2) is 9.89. The van der Waals surface area contributed by atoms with Crippen molar-refractivity contribution in [3.63, 3.8) is 0 Å². The first-order chi connectivity index (χ1) is 16.6. The second-order valence-electron chi connectivity index (χ2n) is 9.91. The summed E-state index contributed by atoms with van der Waals surface area (Å²) >= 11 is 0. The number of hydrogen-bond donors (Lipinski definition) is 2. The van der Waals surface area contributed by atoms with Crippen LogP contribution in [0.1, 0.15) is 74.5 Å². The van der Waals surface area contributed by atoms with E-state index in [1.807, 2.05) is 24.3 Å². The van der Waals surface area contributed by atoms with Crippen LogP contribution in [0.15, 0.2) is 72.8 Å². The van der Waals surface area contributed by atoms with Gasteiger partial charge in [0.2, 0.25) is 0 Å². The molecule has 0 aromatic heterocycles. The number of nitrogens with one attached hydrogen (secondary N) is 2. The van der Waals surface area contributed by atoms with Crippen molar-refractivity contribution in [1.82, 2.24) is 0 Å². The molecule has 0 saturated heterocycles. The Bertz CT molecular complexity index is 1200. The minimum Gasteiger partial charge on any atom is -0.381 e. The summed E-state index contributed by atoms with van der Waals surface area (Å²) in [6.45, 7) is 4.94. The third-order valence-corrected chi connectivity index (χ3v) is 7.30. The number of carbonyl (C=O) groups is 1. The molecule has 1 heterocycles. The lowest BCUT2D eigenvalue weighted by molar-refractivity contribution is -0.111. The number of fused-ring (bicyclic) bond motifs is 1. The Morgan fingerprint density at radius 2 is 1.65 bits per heavy atom. The number of anilines is 2. The van der Waals surface area contributed by atoms with Crippen molar-refractivity contribution in [1.29, 1.82) is 0 Å². The second-order valence-corrected chi connectivity index (χ2v) is 9.91. The number of carbonyl (C=O) groups excluding carboxylic acids is 1. The minimum absolute atomic E-state index is 0.0552. The third-order valence-electron chi connectivity index (χ3n) is 7.30. The Morgan fingerprint density at radius 3 is 2.41 bits per heavy atom. The molecule has 1 saturated carbocycles. The highest BCUT2D eigenvalue weighted by Crippen LogP contribution is 2.36. The van der Waals surface area contributed by atoms with E-state index < -0.39 is 0 Å². The Morgan fingerprint density at radius 1 is 0.912 bits per heavy atom. The zero-order valence-electron chi connectivity index (χ0n) is 20.2. The van der Waals surface area contributed by atoms with Crippen LogP contribution in [-0.2, 0) is 4.79 Å². The van der Waals surface area contributed by atoms with E-state index in [-0.39, 0.29) is 5.91 Å². The largest absolute Gasteiger partial charge is 0.381 e. The highest BCUT2D eigenvalue weighted by atomic mass is 16.1. The summed E-state index contributed by atoms with van der Waals surface area (Å²) in [5.41, 5.74) is 8.60. The molecule has 0 radical (unpaired) electrons. The maximum atomic E-state index is 13.2. The first kappa shape index (κ1) is 22.5. The van der Waals surface area contributed by atoms with Crippen molar-refractivity contribution >= 4 is 22.9 Å². The van der Waals surface area contributed by atoms with Gasteiger partial charge in [0.25, 0.3) is 5.91 Å². The Hall–Kier alpha value is -3.33. The van der Waals surface area contributed by atoms with Crippen LogP contribution < -0.4 is 10.6 Å². The van der Waals surface area contributed by atoms with Crippen LogP contribution in [-0.4, -0.2) is 12.5 Å². The zero-order chi connectivity index (χ0) is 23.5. The predicted molar refractivity (Wildman–Crippen MR) is 143 cm³/mol. The van der Waals surface area contributed by atoms with Crippen molar-refractivity contribution in [3.8, 4) is 11.1 Å². The van der Waals surface area contributed by atoms with E-state index in [9.17, 15) is 4.79 Å². The van der Waals surface area contributed by atoms with Gasteiger partial charge in [-0.15, -0.1) is 0 Å². The molecule has 3 nitrogen and oxygen atoms in total. The third kappa shape index (κ3) is 4.65. The molecule has 2 aliphatic rings. The van der Waals surface area contributed by atoms with Crippen molar-refractivity contribution in [2.75, 3.05) is 17.2 Å². The molecule has 1 amide bonds. The monoisotopic (exact) mass is 450 g/mol. The zero-order valence-corrected chi connectivity index (χ0v) is 20.2. The van der Waals surface area contributed by atoms with E-state index in [1.54, 1.807) is 0 Å². The summed E-state index contributed by atoms with van der Waals surface area (Å²) in [4.78, 5) is 13.2. The van der Waals surface area contributed by atoms with Crippen molar-refractivity contribution in [3.05, 3.63) is 89.5 Å². The number of benzene rings is 3. The van der Waals surface area contributed by atoms with Crippen LogP contribution in [0.5, 0.6) is 0 Å². The molecule has 3 aromatic rings. The maximum Gasteiger partial charge on any atom is 0.256 e. The van der Waals surface area contributed by atoms with Crippen LogP contribution in [0.4, 0.5) is 11.4 Å². The molecule has 5 rings (SSSR count). The Kier molecular flexibility index (Phi) is 6.53. The summed E-state index contributed by atoms with van der Waals surface area (Å²) in [5.74, 6) is 1.01. The lowest BCUT2D eigenvalue weighted by Gasteiger charge is -2.22. The first-order valence-electron chi connectivity index (χ1n) is 12.7. The normalized spacial score (nSPS) is 15.9. The van der Waals surface area contributed by atoms with Gasteiger partial charge in [0.05, 0.1) is 0 Å². The summed E-state index contributed by atoms with van der Waals surface area (Å²) in [7, 11) is 0. The molecule has 0 spiro atoms. The van der Waals surface area contributed by atoms with E-state index in [0.717, 1.165) is 34.0 Å². The van der Waals surface area contributed by atoms with E-state index in [1.165, 1.54) is 48.8 Å². The van der Waals surface area contributed by atoms with Gasteiger partial charge >= 0.3 is 0 Å². The summed E-state index contributed by atoms with van der Waals surface area (Å²) in [6.07, 6.45) is 8.72. The fourth-order valence-corrected chi connectivity index (χ4v) is 5.38. The molecule has 3 aromatic carbocycles. The van der Waals surface area contributed by atoms with Gasteiger partial charge in [-0.25, -0.2) is 0 Å². The fourth-order valence-electron chi connectivity index (χ4n) is 5.38. The lowest BCUT2D eigenvalue weighted by Crippen LogP contribution is -2.19. The number of para-hydroxylation sites is 1. The fraction of sp³-hybridized carbons (Fsp3) is 0.323.